The van der Waals surface area contributed by atoms with E-state index in [1.54, 1.807) is 43.7 Å². The van der Waals surface area contributed by atoms with Crippen LogP contribution < -0.4 is 16.5 Å². The van der Waals surface area contributed by atoms with Crippen LogP contribution in [0.3, 0.4) is 0 Å². The molecule has 2 aromatic heterocycles. The number of anilines is 2. The number of fused-ring (bicyclic) bond motifs is 1. The van der Waals surface area contributed by atoms with E-state index >= 15 is 0 Å². The van der Waals surface area contributed by atoms with Crippen molar-refractivity contribution in [2.24, 2.45) is 0 Å². The number of benzene rings is 1. The van der Waals surface area contributed by atoms with E-state index in [0.717, 1.165) is 3.57 Å². The van der Waals surface area contributed by atoms with Gasteiger partial charge >= 0.3 is 5.63 Å². The number of nitrogens with one attached hydrogen (secondary N) is 1. The van der Waals surface area contributed by atoms with E-state index in [4.69, 9.17) is 9.15 Å². The Morgan fingerprint density at radius 3 is 2.68 bits per heavy atom. The van der Waals surface area contributed by atoms with E-state index in [1.807, 2.05) is 22.6 Å². The molecule has 1 aromatic carbocycles. The third-order valence-corrected chi connectivity index (χ3v) is 5.20. The van der Waals surface area contributed by atoms with Crippen LogP contribution in [0.25, 0.3) is 11.0 Å². The normalized spacial score (nSPS) is 11.2. The van der Waals surface area contributed by atoms with Crippen molar-refractivity contribution in [3.63, 3.8) is 0 Å². The highest BCUT2D eigenvalue weighted by Gasteiger charge is 2.18. The van der Waals surface area contributed by atoms with Crippen molar-refractivity contribution in [3.8, 4) is 0 Å². The predicted octanol–water partition coefficient (Wildman–Crippen LogP) is 4.10. The maximum absolute atomic E-state index is 14.4. The number of rotatable bonds is 6. The zero-order valence-electron chi connectivity index (χ0n) is 15.8. The van der Waals surface area contributed by atoms with Crippen LogP contribution >= 0.6 is 22.6 Å². The number of pyridine rings is 1. The summed E-state index contributed by atoms with van der Waals surface area (Å²) in [6.45, 7) is 4.31. The SMILES string of the molecule is COCCCn1c(C)cc2oc(=O)c(C)c(Nc3ccc(I)cc3F)c2c1=O. The molecule has 0 amide bonds. The van der Waals surface area contributed by atoms with Crippen LogP contribution in [-0.4, -0.2) is 18.3 Å². The van der Waals surface area contributed by atoms with Gasteiger partial charge in [-0.25, -0.2) is 9.18 Å². The number of methoxy groups -OCH3 is 1. The predicted molar refractivity (Wildman–Crippen MR) is 115 cm³/mol. The lowest BCUT2D eigenvalue weighted by Gasteiger charge is -2.15. The number of halogens is 2. The summed E-state index contributed by atoms with van der Waals surface area (Å²) < 4.78 is 27.1. The number of aromatic nitrogens is 1. The first-order valence-electron chi connectivity index (χ1n) is 8.72. The Hall–Kier alpha value is -2.20. The van der Waals surface area contributed by atoms with Gasteiger partial charge in [-0.15, -0.1) is 0 Å². The van der Waals surface area contributed by atoms with Gasteiger partial charge in [-0.1, -0.05) is 0 Å². The Morgan fingerprint density at radius 1 is 1.25 bits per heavy atom. The second-order valence-corrected chi connectivity index (χ2v) is 7.71. The van der Waals surface area contributed by atoms with E-state index < -0.39 is 11.4 Å². The molecule has 0 fully saturated rings. The van der Waals surface area contributed by atoms with Crippen molar-refractivity contribution in [1.82, 2.24) is 4.57 Å². The van der Waals surface area contributed by atoms with E-state index in [2.05, 4.69) is 5.32 Å². The van der Waals surface area contributed by atoms with Gasteiger partial charge in [-0.05, 0) is 61.1 Å². The Bertz CT molecular complexity index is 1150. The fourth-order valence-electron chi connectivity index (χ4n) is 3.04. The smallest absolute Gasteiger partial charge is 0.341 e. The first-order chi connectivity index (χ1) is 13.3. The van der Waals surface area contributed by atoms with Crippen LogP contribution in [0.15, 0.2) is 38.3 Å². The lowest BCUT2D eigenvalue weighted by molar-refractivity contribution is 0.190. The summed E-state index contributed by atoms with van der Waals surface area (Å²) in [6.07, 6.45) is 0.660. The molecule has 0 radical (unpaired) electrons. The van der Waals surface area contributed by atoms with Crippen molar-refractivity contribution in [2.45, 2.75) is 26.8 Å². The molecule has 0 aliphatic carbocycles. The standard InChI is InChI=1S/C20H20FIN2O4/c1-11-9-16-17(19(25)24(11)7-4-8-27-3)18(12(2)20(26)28-16)23-15-6-5-13(22)10-14(15)21/h5-6,9-10,23H,4,7-8H2,1-3H3. The number of hydrogen-bond donors (Lipinski definition) is 1. The number of ether oxygens (including phenoxy) is 1. The van der Waals surface area contributed by atoms with Gasteiger partial charge in [0.2, 0.25) is 0 Å². The molecule has 0 saturated heterocycles. The molecule has 0 bridgehead atoms. The lowest BCUT2D eigenvalue weighted by Crippen LogP contribution is -2.25. The molecule has 148 valence electrons. The molecule has 0 aliphatic rings. The van der Waals surface area contributed by atoms with Crippen LogP contribution in [0.2, 0.25) is 0 Å². The highest BCUT2D eigenvalue weighted by molar-refractivity contribution is 14.1. The second-order valence-electron chi connectivity index (χ2n) is 6.47. The molecule has 0 spiro atoms. The number of nitrogens with zero attached hydrogens (tertiary/aromatic N) is 1. The van der Waals surface area contributed by atoms with Crippen LogP contribution in [0.5, 0.6) is 0 Å². The van der Waals surface area contributed by atoms with Crippen LogP contribution in [0.1, 0.15) is 17.7 Å². The van der Waals surface area contributed by atoms with Gasteiger partial charge in [0.1, 0.15) is 16.8 Å². The molecule has 2 heterocycles. The van der Waals surface area contributed by atoms with Crippen LogP contribution in [-0.2, 0) is 11.3 Å². The molecule has 0 unspecified atom stereocenters. The third-order valence-electron chi connectivity index (χ3n) is 4.53. The van der Waals surface area contributed by atoms with Crippen LogP contribution in [0.4, 0.5) is 15.8 Å². The minimum absolute atomic E-state index is 0.175. The molecule has 0 saturated carbocycles. The first-order valence-corrected chi connectivity index (χ1v) is 9.80. The molecule has 0 atom stereocenters. The minimum Gasteiger partial charge on any atom is -0.422 e. The monoisotopic (exact) mass is 498 g/mol. The molecule has 0 aliphatic heterocycles. The van der Waals surface area contributed by atoms with Gasteiger partial charge in [0.05, 0.1) is 16.9 Å². The van der Waals surface area contributed by atoms with Crippen molar-refractivity contribution in [3.05, 3.63) is 65.7 Å². The lowest BCUT2D eigenvalue weighted by atomic mass is 10.1. The molecule has 6 nitrogen and oxygen atoms in total. The Morgan fingerprint density at radius 2 is 2.00 bits per heavy atom. The fraction of sp³-hybridized carbons (Fsp3) is 0.300. The van der Waals surface area contributed by atoms with Crippen molar-refractivity contribution in [1.29, 1.82) is 0 Å². The van der Waals surface area contributed by atoms with Gasteiger partial charge in [-0.2, -0.15) is 0 Å². The van der Waals surface area contributed by atoms with Crippen molar-refractivity contribution >= 4 is 44.9 Å². The Balaban J connectivity index is 2.22. The van der Waals surface area contributed by atoms with Crippen molar-refractivity contribution in [2.75, 3.05) is 19.0 Å². The molecule has 3 aromatic rings. The van der Waals surface area contributed by atoms with Crippen molar-refractivity contribution < 1.29 is 13.5 Å². The average Bonchev–Trinajstić information content (AvgIpc) is 2.63. The summed E-state index contributed by atoms with van der Waals surface area (Å²) in [4.78, 5) is 25.5. The highest BCUT2D eigenvalue weighted by Crippen LogP contribution is 2.28. The largest absolute Gasteiger partial charge is 0.422 e. The Kier molecular flexibility index (Phi) is 6.19. The maximum atomic E-state index is 14.4. The minimum atomic E-state index is -0.572. The quantitative estimate of drug-likeness (QED) is 0.410. The molecule has 3 rings (SSSR count). The summed E-state index contributed by atoms with van der Waals surface area (Å²) in [6, 6.07) is 6.34. The zero-order chi connectivity index (χ0) is 20.4. The van der Waals surface area contributed by atoms with Gasteiger partial charge in [-0.3, -0.25) is 4.79 Å². The van der Waals surface area contributed by atoms with E-state index in [0.29, 0.717) is 25.3 Å². The number of hydrogen-bond acceptors (Lipinski definition) is 5. The van der Waals surface area contributed by atoms with E-state index in [1.165, 1.54) is 6.07 Å². The fourth-order valence-corrected chi connectivity index (χ4v) is 3.50. The summed E-state index contributed by atoms with van der Waals surface area (Å²) in [5.74, 6) is -0.472. The summed E-state index contributed by atoms with van der Waals surface area (Å²) in [5, 5.41) is 3.15. The number of aryl methyl sites for hydroxylation is 1. The second kappa shape index (κ2) is 8.44. The molecule has 1 N–H and O–H groups in total. The van der Waals surface area contributed by atoms with Crippen LogP contribution in [0, 0.1) is 23.2 Å². The zero-order valence-corrected chi connectivity index (χ0v) is 17.9. The van der Waals surface area contributed by atoms with Gasteiger partial charge in [0, 0.05) is 35.6 Å². The molecular formula is C20H20FIN2O4. The molecular weight excluding hydrogens is 478 g/mol. The Labute approximate surface area is 174 Å². The van der Waals surface area contributed by atoms with Gasteiger partial charge < -0.3 is 19.0 Å². The maximum Gasteiger partial charge on any atom is 0.341 e. The van der Waals surface area contributed by atoms with E-state index in [-0.39, 0.29) is 33.5 Å². The molecule has 28 heavy (non-hydrogen) atoms. The highest BCUT2D eigenvalue weighted by atomic mass is 127. The van der Waals surface area contributed by atoms with E-state index in [9.17, 15) is 14.0 Å². The molecule has 8 heteroatoms. The summed E-state index contributed by atoms with van der Waals surface area (Å²) in [7, 11) is 1.60. The van der Waals surface area contributed by atoms with Gasteiger partial charge in [0.25, 0.3) is 5.56 Å². The summed E-state index contributed by atoms with van der Waals surface area (Å²) in [5.41, 5.74) is 0.637. The summed E-state index contributed by atoms with van der Waals surface area (Å²) >= 11 is 2.01. The first kappa shape index (κ1) is 20.5. The third kappa shape index (κ3) is 3.97. The topological polar surface area (TPSA) is 73.5 Å². The average molecular weight is 498 g/mol. The van der Waals surface area contributed by atoms with Gasteiger partial charge in [0.15, 0.2) is 0 Å².